The van der Waals surface area contributed by atoms with Gasteiger partial charge in [0.2, 0.25) is 5.91 Å². The number of hydrogen-bond acceptors (Lipinski definition) is 4. The Morgan fingerprint density at radius 1 is 1.40 bits per heavy atom. The lowest BCUT2D eigenvalue weighted by molar-refractivity contribution is -0.120. The van der Waals surface area contributed by atoms with Crippen LogP contribution in [0.25, 0.3) is 0 Å². The first-order chi connectivity index (χ1) is 9.63. The highest BCUT2D eigenvalue weighted by atomic mass is 16.5. The van der Waals surface area contributed by atoms with Gasteiger partial charge in [-0.05, 0) is 24.6 Å². The van der Waals surface area contributed by atoms with Gasteiger partial charge < -0.3 is 20.7 Å². The van der Waals surface area contributed by atoms with Gasteiger partial charge in [-0.15, -0.1) is 0 Å². The fourth-order valence-corrected chi connectivity index (χ4v) is 2.11. The van der Waals surface area contributed by atoms with Gasteiger partial charge in [0.25, 0.3) is 5.91 Å². The van der Waals surface area contributed by atoms with Gasteiger partial charge in [-0.2, -0.15) is 0 Å². The Kier molecular flexibility index (Phi) is 4.70. The number of carbonyl (C=O) groups excluding carboxylic acids is 2. The third-order valence-corrected chi connectivity index (χ3v) is 3.30. The summed E-state index contributed by atoms with van der Waals surface area (Å²) in [5, 5.41) is 8.51. The van der Waals surface area contributed by atoms with E-state index in [4.69, 9.17) is 4.74 Å². The highest BCUT2D eigenvalue weighted by Crippen LogP contribution is 2.19. The van der Waals surface area contributed by atoms with E-state index in [1.807, 2.05) is 6.92 Å². The van der Waals surface area contributed by atoms with Crippen molar-refractivity contribution in [2.75, 3.05) is 32.1 Å². The molecule has 2 rings (SSSR count). The van der Waals surface area contributed by atoms with Crippen molar-refractivity contribution in [2.45, 2.75) is 13.0 Å². The Balaban J connectivity index is 2.12. The lowest BCUT2D eigenvalue weighted by Crippen LogP contribution is -2.48. The molecule has 0 spiro atoms. The number of anilines is 1. The van der Waals surface area contributed by atoms with Gasteiger partial charge in [0.1, 0.15) is 6.04 Å². The molecule has 20 heavy (non-hydrogen) atoms. The molecule has 1 fully saturated rings. The minimum Gasteiger partial charge on any atom is -0.378 e. The lowest BCUT2D eigenvalue weighted by Gasteiger charge is -2.23. The van der Waals surface area contributed by atoms with Crippen molar-refractivity contribution in [2.24, 2.45) is 0 Å². The number of nitrogens with one attached hydrogen (secondary N) is 3. The number of carbonyl (C=O) groups is 2. The minimum absolute atomic E-state index is 0.151. The molecule has 1 heterocycles. The van der Waals surface area contributed by atoms with E-state index in [0.29, 0.717) is 31.0 Å². The molecule has 0 bridgehead atoms. The van der Waals surface area contributed by atoms with Gasteiger partial charge in [0, 0.05) is 24.8 Å². The van der Waals surface area contributed by atoms with Crippen LogP contribution >= 0.6 is 0 Å². The molecule has 1 aliphatic rings. The molecule has 1 unspecified atom stereocenters. The smallest absolute Gasteiger partial charge is 0.251 e. The number of benzene rings is 1. The Morgan fingerprint density at radius 2 is 2.20 bits per heavy atom. The molecule has 0 saturated carbocycles. The van der Waals surface area contributed by atoms with Crippen molar-refractivity contribution in [1.29, 1.82) is 0 Å². The molecule has 108 valence electrons. The summed E-state index contributed by atoms with van der Waals surface area (Å²) >= 11 is 0. The quantitative estimate of drug-likeness (QED) is 0.741. The highest BCUT2D eigenvalue weighted by Gasteiger charge is 2.22. The zero-order valence-electron chi connectivity index (χ0n) is 11.7. The maximum Gasteiger partial charge on any atom is 0.251 e. The zero-order valence-corrected chi connectivity index (χ0v) is 11.7. The first-order valence-electron chi connectivity index (χ1n) is 6.57. The molecule has 0 aliphatic carbocycles. The molecule has 1 aliphatic heterocycles. The summed E-state index contributed by atoms with van der Waals surface area (Å²) in [5.41, 5.74) is 1.94. The number of hydrogen-bond donors (Lipinski definition) is 3. The van der Waals surface area contributed by atoms with Crippen molar-refractivity contribution in [1.82, 2.24) is 10.6 Å². The van der Waals surface area contributed by atoms with Crippen LogP contribution in [-0.4, -0.2) is 44.7 Å². The highest BCUT2D eigenvalue weighted by molar-refractivity contribution is 6.00. The van der Waals surface area contributed by atoms with Crippen LogP contribution in [0.2, 0.25) is 0 Å². The second kappa shape index (κ2) is 6.49. The topological polar surface area (TPSA) is 79.5 Å². The van der Waals surface area contributed by atoms with Crippen molar-refractivity contribution >= 4 is 17.5 Å². The molecule has 1 saturated heterocycles. The van der Waals surface area contributed by atoms with E-state index >= 15 is 0 Å². The number of morpholine rings is 1. The molecule has 1 aromatic carbocycles. The molecular weight excluding hydrogens is 258 g/mol. The van der Waals surface area contributed by atoms with Gasteiger partial charge in [0.05, 0.1) is 13.2 Å². The second-order valence-electron chi connectivity index (χ2n) is 4.63. The monoisotopic (exact) mass is 277 g/mol. The largest absolute Gasteiger partial charge is 0.378 e. The van der Waals surface area contributed by atoms with Crippen LogP contribution in [0, 0.1) is 6.92 Å². The minimum atomic E-state index is -0.355. The van der Waals surface area contributed by atoms with Gasteiger partial charge in [-0.3, -0.25) is 9.59 Å². The van der Waals surface area contributed by atoms with Gasteiger partial charge >= 0.3 is 0 Å². The van der Waals surface area contributed by atoms with E-state index in [1.54, 1.807) is 25.2 Å². The van der Waals surface area contributed by atoms with Gasteiger partial charge in [0.15, 0.2) is 0 Å². The van der Waals surface area contributed by atoms with Crippen LogP contribution in [0.4, 0.5) is 5.69 Å². The van der Waals surface area contributed by atoms with Crippen molar-refractivity contribution in [3.05, 3.63) is 29.3 Å². The molecule has 3 N–H and O–H groups in total. The third kappa shape index (κ3) is 3.15. The molecule has 1 aromatic rings. The molecule has 2 amide bonds. The predicted molar refractivity (Wildman–Crippen MR) is 75.8 cm³/mol. The summed E-state index contributed by atoms with van der Waals surface area (Å²) in [6, 6.07) is 4.90. The standard InChI is InChI=1S/C14H19N3O3/c1-9-10(13(18)15-2)4-3-5-11(9)17-14(19)12-8-20-7-6-16-12/h3-5,12,16H,6-8H2,1-2H3,(H,15,18)(H,17,19). The summed E-state index contributed by atoms with van der Waals surface area (Å²) in [6.07, 6.45) is 0. The van der Waals surface area contributed by atoms with Gasteiger partial charge in [-0.25, -0.2) is 0 Å². The molecule has 6 heteroatoms. The van der Waals surface area contributed by atoms with Crippen LogP contribution < -0.4 is 16.0 Å². The number of amides is 2. The number of rotatable bonds is 3. The van der Waals surface area contributed by atoms with Crippen LogP contribution in [0.1, 0.15) is 15.9 Å². The molecule has 0 aromatic heterocycles. The van der Waals surface area contributed by atoms with Crippen LogP contribution in [0.3, 0.4) is 0 Å². The average Bonchev–Trinajstić information content (AvgIpc) is 2.49. The Morgan fingerprint density at radius 3 is 2.85 bits per heavy atom. The Bertz CT molecular complexity index is 510. The van der Waals surface area contributed by atoms with E-state index < -0.39 is 0 Å². The Hall–Kier alpha value is -1.92. The second-order valence-corrected chi connectivity index (χ2v) is 4.63. The zero-order chi connectivity index (χ0) is 14.5. The SMILES string of the molecule is CNC(=O)c1cccc(NC(=O)C2COCCN2)c1C. The first kappa shape index (κ1) is 14.5. The fraction of sp³-hybridized carbons (Fsp3) is 0.429. The summed E-state index contributed by atoms with van der Waals surface area (Å²) in [4.78, 5) is 23.8. The fourth-order valence-electron chi connectivity index (χ4n) is 2.11. The molecule has 0 radical (unpaired) electrons. The lowest BCUT2D eigenvalue weighted by atomic mass is 10.1. The van der Waals surface area contributed by atoms with Crippen molar-refractivity contribution < 1.29 is 14.3 Å². The maximum atomic E-state index is 12.1. The normalized spacial score (nSPS) is 18.4. The van der Waals surface area contributed by atoms with Crippen LogP contribution in [-0.2, 0) is 9.53 Å². The maximum absolute atomic E-state index is 12.1. The van der Waals surface area contributed by atoms with E-state index in [9.17, 15) is 9.59 Å². The van der Waals surface area contributed by atoms with E-state index in [-0.39, 0.29) is 17.9 Å². The van der Waals surface area contributed by atoms with Crippen LogP contribution in [0.5, 0.6) is 0 Å². The average molecular weight is 277 g/mol. The van der Waals surface area contributed by atoms with Crippen LogP contribution in [0.15, 0.2) is 18.2 Å². The Labute approximate surface area is 117 Å². The van der Waals surface area contributed by atoms with Crippen molar-refractivity contribution in [3.63, 3.8) is 0 Å². The van der Waals surface area contributed by atoms with E-state index in [1.165, 1.54) is 0 Å². The molecule has 1 atom stereocenters. The predicted octanol–water partition coefficient (Wildman–Crippen LogP) is 0.282. The third-order valence-electron chi connectivity index (χ3n) is 3.30. The summed E-state index contributed by atoms with van der Waals surface area (Å²) in [6.45, 7) is 3.45. The molecular formula is C14H19N3O3. The van der Waals surface area contributed by atoms with Crippen molar-refractivity contribution in [3.8, 4) is 0 Å². The number of ether oxygens (including phenoxy) is 1. The van der Waals surface area contributed by atoms with E-state index in [2.05, 4.69) is 16.0 Å². The first-order valence-corrected chi connectivity index (χ1v) is 6.57. The van der Waals surface area contributed by atoms with E-state index in [0.717, 1.165) is 5.56 Å². The summed E-state index contributed by atoms with van der Waals surface area (Å²) < 4.78 is 5.26. The molecule has 6 nitrogen and oxygen atoms in total. The summed E-state index contributed by atoms with van der Waals surface area (Å²) in [7, 11) is 1.58. The van der Waals surface area contributed by atoms with Gasteiger partial charge in [-0.1, -0.05) is 6.07 Å². The summed E-state index contributed by atoms with van der Waals surface area (Å²) in [5.74, 6) is -0.320.